The molecular weight excluding hydrogens is 387 g/mol. The molecule has 0 bridgehead atoms. The van der Waals surface area contributed by atoms with Crippen molar-refractivity contribution < 1.29 is 27.4 Å². The van der Waals surface area contributed by atoms with E-state index in [0.29, 0.717) is 22.2 Å². The fraction of sp³-hybridized carbons (Fsp3) is 0.150. The van der Waals surface area contributed by atoms with Crippen LogP contribution >= 0.6 is 0 Å². The minimum atomic E-state index is -4.43. The van der Waals surface area contributed by atoms with Crippen LogP contribution in [0.3, 0.4) is 0 Å². The van der Waals surface area contributed by atoms with E-state index in [2.05, 4.69) is 15.0 Å². The van der Waals surface area contributed by atoms with Crippen molar-refractivity contribution in [2.75, 3.05) is 0 Å². The summed E-state index contributed by atoms with van der Waals surface area (Å²) in [7, 11) is 0. The smallest absolute Gasteiger partial charge is 0.416 e. The van der Waals surface area contributed by atoms with Gasteiger partial charge in [0.2, 0.25) is 5.89 Å². The van der Waals surface area contributed by atoms with Crippen LogP contribution in [-0.2, 0) is 11.3 Å². The van der Waals surface area contributed by atoms with Crippen LogP contribution in [0.25, 0.3) is 22.7 Å². The molecule has 0 saturated carbocycles. The minimum Gasteiger partial charge on any atom is -0.424 e. The Morgan fingerprint density at radius 1 is 1.00 bits per heavy atom. The van der Waals surface area contributed by atoms with Crippen molar-refractivity contribution in [2.45, 2.75) is 20.0 Å². The van der Waals surface area contributed by atoms with Gasteiger partial charge < -0.3 is 9.15 Å². The second-order valence-electron chi connectivity index (χ2n) is 6.43. The van der Waals surface area contributed by atoms with E-state index >= 15 is 0 Å². The van der Waals surface area contributed by atoms with E-state index in [1.807, 2.05) is 0 Å². The predicted molar refractivity (Wildman–Crippen MR) is 96.2 cm³/mol. The van der Waals surface area contributed by atoms with E-state index in [1.54, 1.807) is 26.0 Å². The zero-order valence-corrected chi connectivity index (χ0v) is 15.2. The topological polar surface area (TPSA) is 80.9 Å². The van der Waals surface area contributed by atoms with Crippen LogP contribution in [0.15, 0.2) is 47.0 Å². The molecule has 1 radical (unpaired) electrons. The minimum absolute atomic E-state index is 0.0446. The number of rotatable bonds is 3. The van der Waals surface area contributed by atoms with E-state index in [4.69, 9.17) is 9.15 Å². The number of hydrogen-bond acceptors (Lipinski definition) is 5. The van der Waals surface area contributed by atoms with Crippen LogP contribution < -0.4 is 4.74 Å². The molecule has 9 heteroatoms. The Kier molecular flexibility index (Phi) is 4.37. The molecule has 4 rings (SSSR count). The molecule has 0 N–H and O–H groups in total. The molecule has 0 aliphatic heterocycles. The van der Waals surface area contributed by atoms with E-state index in [1.165, 1.54) is 18.3 Å². The summed E-state index contributed by atoms with van der Waals surface area (Å²) in [6.07, 6.45) is -3.04. The first-order chi connectivity index (χ1) is 13.7. The first-order valence-corrected chi connectivity index (χ1v) is 8.48. The van der Waals surface area contributed by atoms with Crippen LogP contribution in [-0.4, -0.2) is 15.0 Å². The highest BCUT2D eigenvalue weighted by Crippen LogP contribution is 2.32. The molecule has 0 amide bonds. The third kappa shape index (κ3) is 3.71. The molecule has 2 aromatic carbocycles. The summed E-state index contributed by atoms with van der Waals surface area (Å²) < 4.78 is 49.0. The maximum Gasteiger partial charge on any atom is 0.416 e. The fourth-order valence-electron chi connectivity index (χ4n) is 2.78. The highest BCUT2D eigenvalue weighted by Gasteiger charge is 2.30. The van der Waals surface area contributed by atoms with Crippen molar-refractivity contribution in [1.29, 1.82) is 0 Å². The van der Waals surface area contributed by atoms with Gasteiger partial charge in [-0.05, 0) is 61.4 Å². The second kappa shape index (κ2) is 6.77. The lowest BCUT2D eigenvalue weighted by Gasteiger charge is -2.07. The Balaban J connectivity index is 1.62. The lowest BCUT2D eigenvalue weighted by molar-refractivity contribution is -0.137. The molecule has 0 atom stereocenters. The molecule has 0 saturated heterocycles. The molecular formula is C20H13F3N3O3. The van der Waals surface area contributed by atoms with Crippen molar-refractivity contribution >= 4 is 11.2 Å². The Morgan fingerprint density at radius 3 is 2.28 bits per heavy atom. The number of aromatic nitrogens is 3. The normalized spacial score (nSPS) is 11.8. The number of oxazole rings is 1. The molecule has 147 valence electrons. The van der Waals surface area contributed by atoms with Gasteiger partial charge >= 0.3 is 12.2 Å². The Hall–Kier alpha value is -3.62. The molecule has 0 aliphatic carbocycles. The van der Waals surface area contributed by atoms with E-state index in [0.717, 1.165) is 12.1 Å². The lowest BCUT2D eigenvalue weighted by atomic mass is 10.1. The van der Waals surface area contributed by atoms with Gasteiger partial charge in [-0.2, -0.15) is 18.2 Å². The maximum atomic E-state index is 12.6. The summed E-state index contributed by atoms with van der Waals surface area (Å²) in [5.74, 6) is 0.374. The number of nitrogens with zero attached hydrogens (tertiary/aromatic N) is 3. The van der Waals surface area contributed by atoms with Crippen molar-refractivity contribution in [2.24, 2.45) is 0 Å². The number of fused-ring (bicyclic) bond motifs is 1. The highest BCUT2D eigenvalue weighted by atomic mass is 19.4. The first-order valence-electron chi connectivity index (χ1n) is 8.48. The summed E-state index contributed by atoms with van der Waals surface area (Å²) >= 11 is 0. The number of benzene rings is 2. The summed E-state index contributed by atoms with van der Waals surface area (Å²) in [5, 5.41) is 11.9. The van der Waals surface area contributed by atoms with Crippen molar-refractivity contribution in [3.8, 4) is 29.0 Å². The number of ether oxygens (including phenoxy) is 1. The summed E-state index contributed by atoms with van der Waals surface area (Å²) in [6, 6.07) is 7.42. The van der Waals surface area contributed by atoms with Crippen molar-refractivity contribution in [3.63, 3.8) is 0 Å². The summed E-state index contributed by atoms with van der Waals surface area (Å²) in [5.41, 5.74) is 1.51. The Bertz CT molecular complexity index is 1180. The van der Waals surface area contributed by atoms with Gasteiger partial charge in [-0.15, -0.1) is 0 Å². The largest absolute Gasteiger partial charge is 0.424 e. The number of hydrogen-bond donors (Lipinski definition) is 0. The molecule has 29 heavy (non-hydrogen) atoms. The van der Waals surface area contributed by atoms with Crippen LogP contribution in [0.2, 0.25) is 0 Å². The standard InChI is InChI=1S/C20H13F3N3O3/c1-10-7-12(8-11(2)16(10)27)17-25-15-9-24-19(26-18(15)29-17)28-14-5-3-13(4-6-14)20(21,22)23/h3-9H,1-2H3. The molecule has 2 aromatic heterocycles. The number of aryl methyl sites for hydroxylation is 2. The third-order valence-corrected chi connectivity index (χ3v) is 4.23. The second-order valence-corrected chi connectivity index (χ2v) is 6.43. The molecule has 6 nitrogen and oxygen atoms in total. The average Bonchev–Trinajstić information content (AvgIpc) is 3.09. The predicted octanol–water partition coefficient (Wildman–Crippen LogP) is 5.86. The molecule has 0 unspecified atom stereocenters. The zero-order valence-electron chi connectivity index (χ0n) is 15.2. The van der Waals surface area contributed by atoms with E-state index < -0.39 is 11.7 Å². The quantitative estimate of drug-likeness (QED) is 0.430. The van der Waals surface area contributed by atoms with Gasteiger partial charge in [-0.25, -0.2) is 9.97 Å². The van der Waals surface area contributed by atoms with Crippen LogP contribution in [0.4, 0.5) is 13.2 Å². The highest BCUT2D eigenvalue weighted by molar-refractivity contribution is 5.72. The number of halogens is 3. The fourth-order valence-corrected chi connectivity index (χ4v) is 2.78. The van der Waals surface area contributed by atoms with Crippen LogP contribution in [0.1, 0.15) is 16.7 Å². The third-order valence-electron chi connectivity index (χ3n) is 4.23. The van der Waals surface area contributed by atoms with Crippen LogP contribution in [0.5, 0.6) is 17.5 Å². The zero-order chi connectivity index (χ0) is 20.8. The Labute approximate surface area is 162 Å². The molecule has 0 spiro atoms. The Morgan fingerprint density at radius 2 is 1.66 bits per heavy atom. The lowest BCUT2D eigenvalue weighted by Crippen LogP contribution is -2.04. The van der Waals surface area contributed by atoms with Gasteiger partial charge in [0, 0.05) is 5.56 Å². The van der Waals surface area contributed by atoms with Crippen molar-refractivity contribution in [1.82, 2.24) is 15.0 Å². The van der Waals surface area contributed by atoms with E-state index in [9.17, 15) is 18.3 Å². The van der Waals surface area contributed by atoms with Gasteiger partial charge in [0.1, 0.15) is 11.3 Å². The van der Waals surface area contributed by atoms with Gasteiger partial charge in [0.05, 0.1) is 11.8 Å². The van der Waals surface area contributed by atoms with Crippen molar-refractivity contribution in [3.05, 3.63) is 59.3 Å². The molecule has 4 aromatic rings. The first kappa shape index (κ1) is 18.7. The van der Waals surface area contributed by atoms with Gasteiger partial charge in [-0.1, -0.05) is 0 Å². The monoisotopic (exact) mass is 400 g/mol. The summed E-state index contributed by atoms with van der Waals surface area (Å²) in [6.45, 7) is 3.41. The average molecular weight is 400 g/mol. The number of alkyl halides is 3. The molecule has 2 heterocycles. The van der Waals surface area contributed by atoms with E-state index in [-0.39, 0.29) is 29.1 Å². The molecule has 0 fully saturated rings. The maximum absolute atomic E-state index is 12.6. The van der Waals surface area contributed by atoms with Gasteiger partial charge in [0.15, 0.2) is 5.75 Å². The molecule has 0 aliphatic rings. The summed E-state index contributed by atoms with van der Waals surface area (Å²) in [4.78, 5) is 12.4. The van der Waals surface area contributed by atoms with Gasteiger partial charge in [0.25, 0.3) is 5.71 Å². The van der Waals surface area contributed by atoms with Gasteiger partial charge in [-0.3, -0.25) is 5.11 Å². The SMILES string of the molecule is Cc1cc(-c2nc3cnc(Oc4ccc(C(F)(F)F)cc4)nc3o2)cc(C)c1[O]. The van der Waals surface area contributed by atoms with Crippen LogP contribution in [0, 0.1) is 13.8 Å².